The van der Waals surface area contributed by atoms with Crippen molar-refractivity contribution in [1.82, 2.24) is 10.3 Å². The molecule has 1 aliphatic heterocycles. The standard InChI is InChI=1S/C20H20FN3O2S/c1-13-6-7-15(21)16(10-13)24-8-2-4-14(11-24)23-20(25)18-19(26-12-22-18)17-5-3-9-27-17/h3,5-7,9-10,12,14H,2,4,8,11H2,1H3,(H,23,25). The summed E-state index contributed by atoms with van der Waals surface area (Å²) >= 11 is 1.50. The molecular weight excluding hydrogens is 365 g/mol. The fourth-order valence-electron chi connectivity index (χ4n) is 3.42. The Labute approximate surface area is 160 Å². The second-order valence-electron chi connectivity index (χ2n) is 6.72. The molecule has 1 saturated heterocycles. The zero-order valence-corrected chi connectivity index (χ0v) is 15.8. The lowest BCUT2D eigenvalue weighted by atomic mass is 10.0. The smallest absolute Gasteiger partial charge is 0.274 e. The van der Waals surface area contributed by atoms with Crippen LogP contribution in [0.1, 0.15) is 28.9 Å². The zero-order valence-electron chi connectivity index (χ0n) is 14.9. The van der Waals surface area contributed by atoms with Gasteiger partial charge in [-0.3, -0.25) is 4.79 Å². The highest BCUT2D eigenvalue weighted by Gasteiger charge is 2.26. The Morgan fingerprint density at radius 2 is 2.30 bits per heavy atom. The first-order valence-corrected chi connectivity index (χ1v) is 9.79. The number of carbonyl (C=O) groups is 1. The first-order valence-electron chi connectivity index (χ1n) is 8.91. The summed E-state index contributed by atoms with van der Waals surface area (Å²) in [5, 5.41) is 4.96. The fourth-order valence-corrected chi connectivity index (χ4v) is 4.14. The van der Waals surface area contributed by atoms with Crippen molar-refractivity contribution in [2.45, 2.75) is 25.8 Å². The van der Waals surface area contributed by atoms with Gasteiger partial charge in [0, 0.05) is 19.1 Å². The second-order valence-corrected chi connectivity index (χ2v) is 7.67. The summed E-state index contributed by atoms with van der Waals surface area (Å²) in [5.74, 6) is -0.00679. The van der Waals surface area contributed by atoms with E-state index in [4.69, 9.17) is 4.42 Å². The van der Waals surface area contributed by atoms with E-state index < -0.39 is 0 Å². The number of nitrogens with zero attached hydrogens (tertiary/aromatic N) is 2. The summed E-state index contributed by atoms with van der Waals surface area (Å²) in [6, 6.07) is 8.84. The van der Waals surface area contributed by atoms with Gasteiger partial charge in [-0.2, -0.15) is 0 Å². The molecule has 27 heavy (non-hydrogen) atoms. The van der Waals surface area contributed by atoms with E-state index in [2.05, 4.69) is 10.3 Å². The number of anilines is 1. The van der Waals surface area contributed by atoms with Crippen LogP contribution in [0.15, 0.2) is 46.5 Å². The van der Waals surface area contributed by atoms with Gasteiger partial charge in [-0.1, -0.05) is 12.1 Å². The maximum absolute atomic E-state index is 14.2. The summed E-state index contributed by atoms with van der Waals surface area (Å²) in [5.41, 5.74) is 1.90. The van der Waals surface area contributed by atoms with Crippen LogP contribution in [0, 0.1) is 12.7 Å². The largest absolute Gasteiger partial charge is 0.442 e. The molecule has 1 aromatic carbocycles. The van der Waals surface area contributed by atoms with E-state index in [9.17, 15) is 9.18 Å². The molecule has 140 valence electrons. The molecule has 1 unspecified atom stereocenters. The third-order valence-electron chi connectivity index (χ3n) is 4.73. The molecule has 5 nitrogen and oxygen atoms in total. The lowest BCUT2D eigenvalue weighted by Gasteiger charge is -2.35. The molecule has 0 radical (unpaired) electrons. The Morgan fingerprint density at radius 1 is 1.41 bits per heavy atom. The van der Waals surface area contributed by atoms with E-state index in [0.29, 0.717) is 18.0 Å². The topological polar surface area (TPSA) is 58.4 Å². The van der Waals surface area contributed by atoms with Crippen LogP contribution >= 0.6 is 11.3 Å². The zero-order chi connectivity index (χ0) is 18.8. The average molecular weight is 385 g/mol. The fraction of sp³-hybridized carbons (Fsp3) is 0.300. The number of thiophene rings is 1. The van der Waals surface area contributed by atoms with Crippen molar-refractivity contribution in [2.24, 2.45) is 0 Å². The number of rotatable bonds is 4. The number of hydrogen-bond donors (Lipinski definition) is 1. The van der Waals surface area contributed by atoms with Crippen molar-refractivity contribution in [1.29, 1.82) is 0 Å². The molecule has 3 heterocycles. The number of aryl methyl sites for hydroxylation is 1. The minimum atomic E-state index is -0.260. The lowest BCUT2D eigenvalue weighted by molar-refractivity contribution is 0.0929. The van der Waals surface area contributed by atoms with Gasteiger partial charge in [-0.15, -0.1) is 11.3 Å². The van der Waals surface area contributed by atoms with Crippen molar-refractivity contribution in [3.63, 3.8) is 0 Å². The predicted molar refractivity (Wildman–Crippen MR) is 104 cm³/mol. The Bertz CT molecular complexity index is 939. The van der Waals surface area contributed by atoms with Crippen molar-refractivity contribution < 1.29 is 13.6 Å². The number of nitrogens with one attached hydrogen (secondary N) is 1. The van der Waals surface area contributed by atoms with Crippen LogP contribution in [0.5, 0.6) is 0 Å². The van der Waals surface area contributed by atoms with Gasteiger partial charge in [0.05, 0.1) is 10.6 Å². The lowest BCUT2D eigenvalue weighted by Crippen LogP contribution is -2.48. The van der Waals surface area contributed by atoms with Crippen LogP contribution in [-0.2, 0) is 0 Å². The number of piperidine rings is 1. The number of halogens is 1. The Kier molecular flexibility index (Phi) is 4.94. The van der Waals surface area contributed by atoms with Crippen LogP contribution in [0.3, 0.4) is 0 Å². The molecule has 1 N–H and O–H groups in total. The number of aromatic nitrogens is 1. The highest BCUT2D eigenvalue weighted by atomic mass is 32.1. The number of oxazole rings is 1. The molecule has 1 atom stereocenters. The van der Waals surface area contributed by atoms with Crippen LogP contribution in [0.4, 0.5) is 10.1 Å². The summed E-state index contributed by atoms with van der Waals surface area (Å²) in [4.78, 5) is 19.7. The van der Waals surface area contributed by atoms with Crippen LogP contribution in [0.25, 0.3) is 10.6 Å². The van der Waals surface area contributed by atoms with Crippen molar-refractivity contribution in [3.05, 3.63) is 59.2 Å². The minimum absolute atomic E-state index is 0.0703. The molecule has 0 saturated carbocycles. The molecule has 1 fully saturated rings. The van der Waals surface area contributed by atoms with Gasteiger partial charge in [0.1, 0.15) is 5.82 Å². The van der Waals surface area contributed by atoms with Crippen LogP contribution in [-0.4, -0.2) is 30.0 Å². The average Bonchev–Trinajstić information content (AvgIpc) is 3.35. The van der Waals surface area contributed by atoms with E-state index >= 15 is 0 Å². The molecule has 7 heteroatoms. The van der Waals surface area contributed by atoms with Crippen molar-refractivity contribution in [3.8, 4) is 10.6 Å². The normalized spacial score (nSPS) is 17.1. The third kappa shape index (κ3) is 3.73. The first kappa shape index (κ1) is 17.7. The Morgan fingerprint density at radius 3 is 3.11 bits per heavy atom. The van der Waals surface area contributed by atoms with E-state index in [1.165, 1.54) is 23.8 Å². The van der Waals surface area contributed by atoms with Gasteiger partial charge >= 0.3 is 0 Å². The summed E-state index contributed by atoms with van der Waals surface area (Å²) in [7, 11) is 0. The van der Waals surface area contributed by atoms with Gasteiger partial charge < -0.3 is 14.6 Å². The molecular formula is C20H20FN3O2S. The second kappa shape index (κ2) is 7.52. The Hall–Kier alpha value is -2.67. The minimum Gasteiger partial charge on any atom is -0.442 e. The van der Waals surface area contributed by atoms with E-state index in [0.717, 1.165) is 29.8 Å². The van der Waals surface area contributed by atoms with E-state index in [1.54, 1.807) is 6.07 Å². The maximum Gasteiger partial charge on any atom is 0.274 e. The highest BCUT2D eigenvalue weighted by molar-refractivity contribution is 7.13. The maximum atomic E-state index is 14.2. The molecule has 2 aromatic heterocycles. The summed E-state index contributed by atoms with van der Waals surface area (Å²) in [6.45, 7) is 3.29. The van der Waals surface area contributed by atoms with Crippen molar-refractivity contribution in [2.75, 3.05) is 18.0 Å². The van der Waals surface area contributed by atoms with Crippen LogP contribution < -0.4 is 10.2 Å². The SMILES string of the molecule is Cc1ccc(F)c(N2CCCC(NC(=O)c3ncoc3-c3cccs3)C2)c1. The number of hydrogen-bond acceptors (Lipinski definition) is 5. The monoisotopic (exact) mass is 385 g/mol. The molecule has 4 rings (SSSR count). The summed E-state index contributed by atoms with van der Waals surface area (Å²) in [6.07, 6.45) is 3.02. The molecule has 0 aliphatic carbocycles. The van der Waals surface area contributed by atoms with E-state index in [-0.39, 0.29) is 23.5 Å². The number of carbonyl (C=O) groups excluding carboxylic acids is 1. The first-order chi connectivity index (χ1) is 13.1. The summed E-state index contributed by atoms with van der Waals surface area (Å²) < 4.78 is 19.6. The molecule has 0 spiro atoms. The third-order valence-corrected chi connectivity index (χ3v) is 5.60. The molecule has 1 aliphatic rings. The Balaban J connectivity index is 1.48. The molecule has 3 aromatic rings. The highest BCUT2D eigenvalue weighted by Crippen LogP contribution is 2.28. The van der Waals surface area contributed by atoms with E-state index in [1.807, 2.05) is 35.4 Å². The molecule has 1 amide bonds. The van der Waals surface area contributed by atoms with Gasteiger partial charge in [0.25, 0.3) is 5.91 Å². The van der Waals surface area contributed by atoms with Crippen LogP contribution in [0.2, 0.25) is 0 Å². The van der Waals surface area contributed by atoms with Crippen molar-refractivity contribution >= 4 is 22.9 Å². The van der Waals surface area contributed by atoms with Gasteiger partial charge in [-0.05, 0) is 48.9 Å². The number of amides is 1. The van der Waals surface area contributed by atoms with Gasteiger partial charge in [0.15, 0.2) is 17.8 Å². The molecule has 0 bridgehead atoms. The number of benzene rings is 1. The quantitative estimate of drug-likeness (QED) is 0.729. The predicted octanol–water partition coefficient (Wildman–Crippen LogP) is 4.25. The van der Waals surface area contributed by atoms with Gasteiger partial charge in [0.2, 0.25) is 0 Å². The van der Waals surface area contributed by atoms with Gasteiger partial charge in [-0.25, -0.2) is 9.37 Å².